The maximum Gasteiger partial charge on any atom is 0.302 e. The Hall–Kier alpha value is -0.570. The molecule has 12 heavy (non-hydrogen) atoms. The Morgan fingerprint density at radius 1 is 1.42 bits per heavy atom. The summed E-state index contributed by atoms with van der Waals surface area (Å²) < 4.78 is 5.12. The fraction of sp³-hybridized carbons (Fsp3) is 0.889. The number of carbonyl (C=O) groups is 1. The quantitative estimate of drug-likeness (QED) is 0.589. The van der Waals surface area contributed by atoms with Gasteiger partial charge in [-0.15, -0.1) is 0 Å². The van der Waals surface area contributed by atoms with Crippen LogP contribution in [-0.4, -0.2) is 23.3 Å². The van der Waals surface area contributed by atoms with E-state index in [1.807, 2.05) is 0 Å². The van der Waals surface area contributed by atoms with Crippen molar-refractivity contribution in [2.75, 3.05) is 0 Å². The highest BCUT2D eigenvalue weighted by Gasteiger charge is 2.47. The van der Waals surface area contributed by atoms with E-state index in [0.717, 1.165) is 19.3 Å². The lowest BCUT2D eigenvalue weighted by molar-refractivity contribution is -0.151. The van der Waals surface area contributed by atoms with E-state index in [2.05, 4.69) is 0 Å². The summed E-state index contributed by atoms with van der Waals surface area (Å²) in [5, 5.41) is 9.51. The molecular formula is C9H14O3. The number of rotatable bonds is 1. The van der Waals surface area contributed by atoms with Gasteiger partial charge in [-0.3, -0.25) is 4.79 Å². The van der Waals surface area contributed by atoms with E-state index < -0.39 is 0 Å². The molecule has 3 nitrogen and oxygen atoms in total. The number of carbonyl (C=O) groups excluding carboxylic acids is 1. The molecule has 3 heteroatoms. The number of hydrogen-bond donors (Lipinski definition) is 1. The maximum absolute atomic E-state index is 10.7. The fourth-order valence-electron chi connectivity index (χ4n) is 2.60. The molecule has 0 aliphatic heterocycles. The van der Waals surface area contributed by atoms with Gasteiger partial charge in [-0.25, -0.2) is 0 Å². The molecule has 0 amide bonds. The minimum absolute atomic E-state index is 0.00347. The Bertz CT molecular complexity index is 202. The van der Waals surface area contributed by atoms with E-state index in [9.17, 15) is 9.90 Å². The first-order valence-electron chi connectivity index (χ1n) is 4.52. The Kier molecular flexibility index (Phi) is 1.83. The highest BCUT2D eigenvalue weighted by atomic mass is 16.5. The number of fused-ring (bicyclic) bond motifs is 2. The summed E-state index contributed by atoms with van der Waals surface area (Å²) in [6.45, 7) is 1.43. The van der Waals surface area contributed by atoms with Gasteiger partial charge in [-0.05, 0) is 25.2 Å². The van der Waals surface area contributed by atoms with E-state index in [4.69, 9.17) is 4.74 Å². The van der Waals surface area contributed by atoms with Gasteiger partial charge < -0.3 is 9.84 Å². The van der Waals surface area contributed by atoms with Crippen LogP contribution < -0.4 is 0 Å². The van der Waals surface area contributed by atoms with Gasteiger partial charge in [0.1, 0.15) is 6.10 Å². The van der Waals surface area contributed by atoms with Gasteiger partial charge in [0, 0.05) is 12.8 Å². The molecule has 2 bridgehead atoms. The van der Waals surface area contributed by atoms with Crippen LogP contribution >= 0.6 is 0 Å². The monoisotopic (exact) mass is 170 g/mol. The Balaban J connectivity index is 1.98. The van der Waals surface area contributed by atoms with Crippen LogP contribution in [0.15, 0.2) is 0 Å². The van der Waals surface area contributed by atoms with E-state index in [0.29, 0.717) is 5.92 Å². The lowest BCUT2D eigenvalue weighted by Crippen LogP contribution is -2.31. The topological polar surface area (TPSA) is 46.5 Å². The Morgan fingerprint density at radius 2 is 2.17 bits per heavy atom. The van der Waals surface area contributed by atoms with Crippen molar-refractivity contribution in [3.05, 3.63) is 0 Å². The first-order chi connectivity index (χ1) is 5.66. The second kappa shape index (κ2) is 2.73. The smallest absolute Gasteiger partial charge is 0.302 e. The number of hydrogen-bond acceptors (Lipinski definition) is 3. The lowest BCUT2D eigenvalue weighted by atomic mass is 9.95. The van der Waals surface area contributed by atoms with Crippen LogP contribution in [0.4, 0.5) is 0 Å². The Morgan fingerprint density at radius 3 is 2.67 bits per heavy atom. The van der Waals surface area contributed by atoms with Crippen molar-refractivity contribution >= 4 is 5.97 Å². The summed E-state index contributed by atoms with van der Waals surface area (Å²) in [5.41, 5.74) is 0. The van der Waals surface area contributed by atoms with E-state index >= 15 is 0 Å². The summed E-state index contributed by atoms with van der Waals surface area (Å²) in [7, 11) is 0. The zero-order valence-corrected chi connectivity index (χ0v) is 7.19. The SMILES string of the molecule is CC(=O)O[C@@H]1C[C@H]2C[C@@H]1[C@H](O)C2. The predicted molar refractivity (Wildman–Crippen MR) is 42.4 cm³/mol. The standard InChI is InChI=1S/C9H14O3/c1-5(10)12-9-4-6-2-7(9)8(11)3-6/h6-9,11H,2-4H2,1H3/t6-,7+,8+,9+/m0/s1. The minimum Gasteiger partial charge on any atom is -0.462 e. The van der Waals surface area contributed by atoms with Crippen molar-refractivity contribution in [1.82, 2.24) is 0 Å². The number of esters is 1. The molecule has 2 saturated carbocycles. The third-order valence-electron chi connectivity index (χ3n) is 3.04. The summed E-state index contributed by atoms with van der Waals surface area (Å²) in [4.78, 5) is 10.7. The number of aliphatic hydroxyl groups excluding tert-OH is 1. The average Bonchev–Trinajstić information content (AvgIpc) is 2.43. The molecule has 2 rings (SSSR count). The molecule has 4 atom stereocenters. The summed E-state index contributed by atoms with van der Waals surface area (Å²) >= 11 is 0. The molecular weight excluding hydrogens is 156 g/mol. The third-order valence-corrected chi connectivity index (χ3v) is 3.04. The second-order valence-corrected chi connectivity index (χ2v) is 3.95. The molecule has 1 N–H and O–H groups in total. The molecule has 0 saturated heterocycles. The van der Waals surface area contributed by atoms with Crippen LogP contribution in [-0.2, 0) is 9.53 Å². The molecule has 0 heterocycles. The van der Waals surface area contributed by atoms with Crippen molar-refractivity contribution in [2.45, 2.75) is 38.4 Å². The fourth-order valence-corrected chi connectivity index (χ4v) is 2.60. The molecule has 0 radical (unpaired) electrons. The van der Waals surface area contributed by atoms with Gasteiger partial charge in [0.25, 0.3) is 0 Å². The van der Waals surface area contributed by atoms with Crippen LogP contribution in [0.25, 0.3) is 0 Å². The van der Waals surface area contributed by atoms with Crippen molar-refractivity contribution in [3.8, 4) is 0 Å². The molecule has 2 fully saturated rings. The van der Waals surface area contributed by atoms with Gasteiger partial charge in [-0.2, -0.15) is 0 Å². The average molecular weight is 170 g/mol. The molecule has 2 aliphatic rings. The third kappa shape index (κ3) is 1.22. The van der Waals surface area contributed by atoms with Gasteiger partial charge in [-0.1, -0.05) is 0 Å². The molecule has 0 aromatic rings. The van der Waals surface area contributed by atoms with Crippen molar-refractivity contribution in [1.29, 1.82) is 0 Å². The summed E-state index contributed by atoms with van der Waals surface area (Å²) in [6, 6.07) is 0. The van der Waals surface area contributed by atoms with E-state index in [-0.39, 0.29) is 24.1 Å². The van der Waals surface area contributed by atoms with Crippen molar-refractivity contribution in [2.24, 2.45) is 11.8 Å². The predicted octanol–water partition coefficient (Wildman–Crippen LogP) is 0.709. The van der Waals surface area contributed by atoms with E-state index in [1.165, 1.54) is 6.92 Å². The van der Waals surface area contributed by atoms with Crippen molar-refractivity contribution in [3.63, 3.8) is 0 Å². The molecule has 0 aromatic heterocycles. The van der Waals surface area contributed by atoms with Gasteiger partial charge in [0.15, 0.2) is 0 Å². The normalized spacial score (nSPS) is 44.8. The first kappa shape index (κ1) is 8.05. The molecule has 0 spiro atoms. The first-order valence-corrected chi connectivity index (χ1v) is 4.52. The van der Waals surface area contributed by atoms with Gasteiger partial charge >= 0.3 is 5.97 Å². The lowest BCUT2D eigenvalue weighted by Gasteiger charge is -2.25. The maximum atomic E-state index is 10.7. The van der Waals surface area contributed by atoms with Gasteiger partial charge in [0.05, 0.1) is 6.10 Å². The highest BCUT2D eigenvalue weighted by molar-refractivity contribution is 5.66. The van der Waals surface area contributed by atoms with Crippen LogP contribution in [0.5, 0.6) is 0 Å². The van der Waals surface area contributed by atoms with E-state index in [1.54, 1.807) is 0 Å². The second-order valence-electron chi connectivity index (χ2n) is 3.95. The molecule has 0 unspecified atom stereocenters. The van der Waals surface area contributed by atoms with Crippen LogP contribution in [0.2, 0.25) is 0 Å². The number of aliphatic hydroxyl groups is 1. The number of ether oxygens (including phenoxy) is 1. The molecule has 68 valence electrons. The molecule has 2 aliphatic carbocycles. The van der Waals surface area contributed by atoms with Crippen LogP contribution in [0, 0.1) is 11.8 Å². The van der Waals surface area contributed by atoms with Crippen LogP contribution in [0.1, 0.15) is 26.2 Å². The molecule has 0 aromatic carbocycles. The zero-order valence-electron chi connectivity index (χ0n) is 7.19. The Labute approximate surface area is 71.7 Å². The largest absolute Gasteiger partial charge is 0.462 e. The van der Waals surface area contributed by atoms with Crippen molar-refractivity contribution < 1.29 is 14.6 Å². The zero-order chi connectivity index (χ0) is 8.72. The highest BCUT2D eigenvalue weighted by Crippen LogP contribution is 2.45. The minimum atomic E-state index is -0.229. The van der Waals surface area contributed by atoms with Gasteiger partial charge in [0.2, 0.25) is 0 Å². The summed E-state index contributed by atoms with van der Waals surface area (Å²) in [6.07, 6.45) is 2.67. The van der Waals surface area contributed by atoms with Crippen LogP contribution in [0.3, 0.4) is 0 Å². The summed E-state index contributed by atoms with van der Waals surface area (Å²) in [5.74, 6) is 0.591.